The van der Waals surface area contributed by atoms with Crippen molar-refractivity contribution in [2.45, 2.75) is 19.8 Å². The second-order valence-electron chi connectivity index (χ2n) is 6.26. The third-order valence-electron chi connectivity index (χ3n) is 4.52. The summed E-state index contributed by atoms with van der Waals surface area (Å²) < 4.78 is 0. The molecule has 2 aromatic rings. The minimum absolute atomic E-state index is 1.15. The van der Waals surface area contributed by atoms with Crippen molar-refractivity contribution in [1.82, 2.24) is 4.90 Å². The van der Waals surface area contributed by atoms with Crippen LogP contribution < -0.4 is 4.90 Å². The van der Waals surface area contributed by atoms with Gasteiger partial charge in [-0.05, 0) is 49.6 Å². The van der Waals surface area contributed by atoms with Crippen molar-refractivity contribution in [1.29, 1.82) is 0 Å². The van der Waals surface area contributed by atoms with Crippen LogP contribution in [-0.2, 0) is 6.42 Å². The normalized spacial score (nSPS) is 16.0. The lowest BCUT2D eigenvalue weighted by Crippen LogP contribution is -2.46. The summed E-state index contributed by atoms with van der Waals surface area (Å²) in [6.07, 6.45) is 2.45. The molecule has 22 heavy (non-hydrogen) atoms. The predicted octanol–water partition coefficient (Wildman–Crippen LogP) is 3.75. The molecular formula is C20H26N2. The van der Waals surface area contributed by atoms with E-state index in [9.17, 15) is 0 Å². The highest BCUT2D eigenvalue weighted by Gasteiger charge is 2.16. The highest BCUT2D eigenvalue weighted by Crippen LogP contribution is 2.18. The SMILES string of the molecule is Cc1cccc(N2CCN(CCCc3ccccc3)CC2)c1. The Morgan fingerprint density at radius 1 is 0.864 bits per heavy atom. The lowest BCUT2D eigenvalue weighted by atomic mass is 10.1. The number of rotatable bonds is 5. The van der Waals surface area contributed by atoms with Gasteiger partial charge in [-0.15, -0.1) is 0 Å². The van der Waals surface area contributed by atoms with Crippen LogP contribution in [0.2, 0.25) is 0 Å². The molecule has 0 saturated carbocycles. The Labute approximate surface area is 134 Å². The average molecular weight is 294 g/mol. The average Bonchev–Trinajstić information content (AvgIpc) is 2.56. The molecule has 1 saturated heterocycles. The molecule has 0 unspecified atom stereocenters. The second kappa shape index (κ2) is 7.46. The summed E-state index contributed by atoms with van der Waals surface area (Å²) in [5.41, 5.74) is 4.19. The van der Waals surface area contributed by atoms with Crippen molar-refractivity contribution >= 4 is 5.69 Å². The zero-order valence-corrected chi connectivity index (χ0v) is 13.5. The maximum atomic E-state index is 2.61. The third-order valence-corrected chi connectivity index (χ3v) is 4.52. The van der Waals surface area contributed by atoms with Crippen molar-refractivity contribution in [3.63, 3.8) is 0 Å². The lowest BCUT2D eigenvalue weighted by molar-refractivity contribution is 0.255. The highest BCUT2D eigenvalue weighted by molar-refractivity contribution is 5.48. The maximum absolute atomic E-state index is 2.61. The van der Waals surface area contributed by atoms with Gasteiger partial charge in [0.15, 0.2) is 0 Å². The summed E-state index contributed by atoms with van der Waals surface area (Å²) in [5.74, 6) is 0. The highest BCUT2D eigenvalue weighted by atomic mass is 15.3. The van der Waals surface area contributed by atoms with Gasteiger partial charge in [-0.2, -0.15) is 0 Å². The van der Waals surface area contributed by atoms with Crippen LogP contribution in [0, 0.1) is 6.92 Å². The fraction of sp³-hybridized carbons (Fsp3) is 0.400. The largest absolute Gasteiger partial charge is 0.369 e. The quantitative estimate of drug-likeness (QED) is 0.828. The van der Waals surface area contributed by atoms with Crippen LogP contribution in [0.5, 0.6) is 0 Å². The van der Waals surface area contributed by atoms with Crippen LogP contribution in [0.3, 0.4) is 0 Å². The van der Waals surface area contributed by atoms with Crippen molar-refractivity contribution in [2.75, 3.05) is 37.6 Å². The van der Waals surface area contributed by atoms with Gasteiger partial charge < -0.3 is 4.90 Å². The molecule has 0 aliphatic carbocycles. The van der Waals surface area contributed by atoms with E-state index in [1.165, 1.54) is 49.3 Å². The Morgan fingerprint density at radius 2 is 1.64 bits per heavy atom. The minimum Gasteiger partial charge on any atom is -0.369 e. The summed E-state index contributed by atoms with van der Waals surface area (Å²) in [4.78, 5) is 5.12. The number of benzene rings is 2. The number of hydrogen-bond acceptors (Lipinski definition) is 2. The smallest absolute Gasteiger partial charge is 0.0369 e. The van der Waals surface area contributed by atoms with Crippen LogP contribution in [0.15, 0.2) is 54.6 Å². The van der Waals surface area contributed by atoms with Crippen molar-refractivity contribution in [3.05, 3.63) is 65.7 Å². The summed E-state index contributed by atoms with van der Waals surface area (Å²) >= 11 is 0. The van der Waals surface area contributed by atoms with E-state index < -0.39 is 0 Å². The van der Waals surface area contributed by atoms with Crippen molar-refractivity contribution in [3.8, 4) is 0 Å². The molecule has 2 nitrogen and oxygen atoms in total. The van der Waals surface area contributed by atoms with Gasteiger partial charge in [0.2, 0.25) is 0 Å². The van der Waals surface area contributed by atoms with Crippen molar-refractivity contribution < 1.29 is 0 Å². The van der Waals surface area contributed by atoms with Crippen LogP contribution in [0.4, 0.5) is 5.69 Å². The Bertz CT molecular complexity index is 571. The Kier molecular flexibility index (Phi) is 5.12. The van der Waals surface area contributed by atoms with E-state index in [4.69, 9.17) is 0 Å². The molecule has 1 fully saturated rings. The Hall–Kier alpha value is -1.80. The molecule has 2 heteroatoms. The third kappa shape index (κ3) is 4.11. The molecule has 3 rings (SSSR count). The van der Waals surface area contributed by atoms with Crippen LogP contribution in [-0.4, -0.2) is 37.6 Å². The summed E-state index contributed by atoms with van der Waals surface area (Å²) in [7, 11) is 0. The van der Waals surface area contributed by atoms with Gasteiger partial charge >= 0.3 is 0 Å². The Morgan fingerprint density at radius 3 is 2.36 bits per heavy atom. The summed E-state index contributed by atoms with van der Waals surface area (Å²) in [6, 6.07) is 19.7. The van der Waals surface area contributed by atoms with Gasteiger partial charge in [-0.3, -0.25) is 4.90 Å². The molecule has 0 amide bonds. The van der Waals surface area contributed by atoms with Crippen LogP contribution in [0.25, 0.3) is 0 Å². The minimum atomic E-state index is 1.15. The molecule has 1 aliphatic heterocycles. The van der Waals surface area contributed by atoms with Gasteiger partial charge in [0.05, 0.1) is 0 Å². The summed E-state index contributed by atoms with van der Waals surface area (Å²) in [6.45, 7) is 8.05. The first-order valence-electron chi connectivity index (χ1n) is 8.39. The fourth-order valence-corrected chi connectivity index (χ4v) is 3.21. The van der Waals surface area contributed by atoms with Gasteiger partial charge in [0.25, 0.3) is 0 Å². The molecule has 2 aromatic carbocycles. The van der Waals surface area contributed by atoms with E-state index >= 15 is 0 Å². The van der Waals surface area contributed by atoms with Gasteiger partial charge in [0, 0.05) is 31.9 Å². The number of aryl methyl sites for hydroxylation is 2. The lowest BCUT2D eigenvalue weighted by Gasteiger charge is -2.36. The molecule has 0 atom stereocenters. The molecule has 0 radical (unpaired) electrons. The van der Waals surface area contributed by atoms with E-state index in [2.05, 4.69) is 71.3 Å². The van der Waals surface area contributed by atoms with E-state index in [-0.39, 0.29) is 0 Å². The first-order chi connectivity index (χ1) is 10.8. The van der Waals surface area contributed by atoms with Crippen molar-refractivity contribution in [2.24, 2.45) is 0 Å². The summed E-state index contributed by atoms with van der Waals surface area (Å²) in [5, 5.41) is 0. The molecule has 1 aliphatic rings. The molecule has 0 N–H and O–H groups in total. The maximum Gasteiger partial charge on any atom is 0.0369 e. The number of piperazine rings is 1. The standard InChI is InChI=1S/C20H26N2/c1-18-7-5-11-20(17-18)22-15-13-21(14-16-22)12-6-10-19-8-3-2-4-9-19/h2-5,7-9,11,17H,6,10,12-16H2,1H3. The number of nitrogens with zero attached hydrogens (tertiary/aromatic N) is 2. The van der Waals surface area contributed by atoms with E-state index in [0.29, 0.717) is 0 Å². The molecular weight excluding hydrogens is 268 g/mol. The van der Waals surface area contributed by atoms with Gasteiger partial charge in [-0.25, -0.2) is 0 Å². The van der Waals surface area contributed by atoms with Gasteiger partial charge in [-0.1, -0.05) is 42.5 Å². The van der Waals surface area contributed by atoms with Crippen LogP contribution >= 0.6 is 0 Å². The molecule has 1 heterocycles. The van der Waals surface area contributed by atoms with E-state index in [1.54, 1.807) is 0 Å². The number of anilines is 1. The predicted molar refractivity (Wildman–Crippen MR) is 94.6 cm³/mol. The molecule has 0 aromatic heterocycles. The van der Waals surface area contributed by atoms with Gasteiger partial charge in [0.1, 0.15) is 0 Å². The zero-order valence-electron chi connectivity index (χ0n) is 13.5. The second-order valence-corrected chi connectivity index (χ2v) is 6.26. The molecule has 0 bridgehead atoms. The molecule has 0 spiro atoms. The molecule has 116 valence electrons. The van der Waals surface area contributed by atoms with E-state index in [1.807, 2.05) is 0 Å². The van der Waals surface area contributed by atoms with Crippen LogP contribution in [0.1, 0.15) is 17.5 Å². The fourth-order valence-electron chi connectivity index (χ4n) is 3.21. The Balaban J connectivity index is 1.42. The van der Waals surface area contributed by atoms with E-state index in [0.717, 1.165) is 13.1 Å². The topological polar surface area (TPSA) is 6.48 Å². The monoisotopic (exact) mass is 294 g/mol. The first kappa shape index (κ1) is 15.1. The first-order valence-corrected chi connectivity index (χ1v) is 8.39. The number of hydrogen-bond donors (Lipinski definition) is 0. The zero-order chi connectivity index (χ0) is 15.2.